The highest BCUT2D eigenvalue weighted by molar-refractivity contribution is 6.36. The fourth-order valence-corrected chi connectivity index (χ4v) is 4.43. The van der Waals surface area contributed by atoms with Crippen LogP contribution in [0.4, 0.5) is 11.4 Å². The van der Waals surface area contributed by atoms with E-state index in [1.54, 1.807) is 50.6 Å². The lowest BCUT2D eigenvalue weighted by molar-refractivity contribution is -0.121. The molecule has 184 valence electrons. The van der Waals surface area contributed by atoms with E-state index in [4.69, 9.17) is 25.8 Å². The van der Waals surface area contributed by atoms with Crippen LogP contribution < -0.4 is 20.1 Å². The van der Waals surface area contributed by atoms with Gasteiger partial charge in [-0.2, -0.15) is 0 Å². The predicted octanol–water partition coefficient (Wildman–Crippen LogP) is 5.02. The minimum absolute atomic E-state index is 0.135. The number of nitrogens with zero attached hydrogens (tertiary/aromatic N) is 1. The maximum atomic E-state index is 13.6. The second-order valence-electron chi connectivity index (χ2n) is 8.57. The van der Waals surface area contributed by atoms with Crippen LogP contribution in [0, 0.1) is 0 Å². The van der Waals surface area contributed by atoms with Crippen molar-refractivity contribution in [3.05, 3.63) is 71.0 Å². The van der Waals surface area contributed by atoms with Gasteiger partial charge in [0.05, 0.1) is 47.3 Å². The fraction of sp³-hybridized carbons (Fsp3) is 0.192. The Balaban J connectivity index is 1.49. The average molecular weight is 507 g/mol. The van der Waals surface area contributed by atoms with Crippen molar-refractivity contribution in [3.63, 3.8) is 0 Å². The highest BCUT2D eigenvalue weighted by Gasteiger charge is 2.39. The summed E-state index contributed by atoms with van der Waals surface area (Å²) in [6.45, 7) is 1.86. The number of aromatic amines is 1. The third kappa shape index (κ3) is 4.12. The first-order valence-electron chi connectivity index (χ1n) is 11.1. The zero-order chi connectivity index (χ0) is 25.4. The van der Waals surface area contributed by atoms with Gasteiger partial charge in [0.25, 0.3) is 5.91 Å². The average Bonchev–Trinajstić information content (AvgIpc) is 3.30. The van der Waals surface area contributed by atoms with Crippen LogP contribution in [0.15, 0.2) is 54.9 Å². The van der Waals surface area contributed by atoms with Gasteiger partial charge in [0.15, 0.2) is 5.78 Å². The van der Waals surface area contributed by atoms with Crippen molar-refractivity contribution in [3.8, 4) is 17.2 Å². The number of hydrogen-bond donors (Lipinski definition) is 3. The number of benzene rings is 2. The summed E-state index contributed by atoms with van der Waals surface area (Å²) < 4.78 is 16.3. The van der Waals surface area contributed by atoms with E-state index in [2.05, 4.69) is 20.6 Å². The van der Waals surface area contributed by atoms with E-state index in [9.17, 15) is 9.59 Å². The Bertz CT molecular complexity index is 1500. The summed E-state index contributed by atoms with van der Waals surface area (Å²) in [5, 5.41) is 6.88. The minimum atomic E-state index is -1.02. The number of anilines is 2. The molecular weight excluding hydrogens is 484 g/mol. The first-order valence-corrected chi connectivity index (χ1v) is 11.5. The Morgan fingerprint density at radius 1 is 1.08 bits per heavy atom. The van der Waals surface area contributed by atoms with Crippen molar-refractivity contribution in [2.45, 2.75) is 12.5 Å². The lowest BCUT2D eigenvalue weighted by atomic mass is 9.96. The number of methoxy groups -OCH3 is 2. The Kier molecular flexibility index (Phi) is 6.03. The van der Waals surface area contributed by atoms with E-state index in [1.807, 2.05) is 12.1 Å². The van der Waals surface area contributed by atoms with E-state index in [0.29, 0.717) is 50.8 Å². The number of fused-ring (bicyclic) bond motifs is 3. The normalized spacial score (nSPS) is 16.7. The number of ether oxygens (including phenoxy) is 3. The number of aromatic nitrogens is 2. The van der Waals surface area contributed by atoms with E-state index in [0.717, 1.165) is 0 Å². The smallest absolute Gasteiger partial charge is 0.252 e. The number of hydrogen-bond acceptors (Lipinski definition) is 7. The van der Waals surface area contributed by atoms with Crippen molar-refractivity contribution in [2.24, 2.45) is 0 Å². The number of rotatable bonds is 7. The van der Waals surface area contributed by atoms with Crippen LogP contribution in [0.2, 0.25) is 5.02 Å². The standard InChI is InChI=1S/C26H23ClN4O5/c1-26(13-34-2)25(33)30-20-12-29-24-21(22(20)31-26)18(11-28-24)23(32)17-8-7-16(10-19(17)27)36-15-6-4-5-14(9-15)35-3/h4-12,31H,13H2,1-3H3,(H,28,29)(H,30,33)/t26-/m0/s1. The topological polar surface area (TPSA) is 115 Å². The molecule has 0 spiro atoms. The number of carbonyl (C=O) groups is 2. The number of nitrogens with one attached hydrogen (secondary N) is 3. The summed E-state index contributed by atoms with van der Waals surface area (Å²) in [5.41, 5.74) is 1.19. The van der Waals surface area contributed by atoms with Gasteiger partial charge in [0, 0.05) is 31.0 Å². The summed E-state index contributed by atoms with van der Waals surface area (Å²) in [4.78, 5) is 33.6. The molecule has 1 aliphatic heterocycles. The second-order valence-corrected chi connectivity index (χ2v) is 8.98. The minimum Gasteiger partial charge on any atom is -0.497 e. The van der Waals surface area contributed by atoms with Crippen LogP contribution in [-0.4, -0.2) is 48.0 Å². The molecule has 3 heterocycles. The first kappa shape index (κ1) is 23.7. The largest absolute Gasteiger partial charge is 0.497 e. The van der Waals surface area contributed by atoms with Crippen molar-refractivity contribution in [2.75, 3.05) is 31.5 Å². The summed E-state index contributed by atoms with van der Waals surface area (Å²) in [6.07, 6.45) is 3.13. The Morgan fingerprint density at radius 2 is 1.86 bits per heavy atom. The molecule has 9 nitrogen and oxygen atoms in total. The van der Waals surface area contributed by atoms with Crippen molar-refractivity contribution < 1.29 is 23.8 Å². The van der Waals surface area contributed by atoms with Gasteiger partial charge >= 0.3 is 0 Å². The molecule has 0 bridgehead atoms. The second kappa shape index (κ2) is 9.18. The lowest BCUT2D eigenvalue weighted by Crippen LogP contribution is -2.53. The molecule has 2 aromatic heterocycles. The quantitative estimate of drug-likeness (QED) is 0.301. The molecule has 0 fully saturated rings. The van der Waals surface area contributed by atoms with E-state index >= 15 is 0 Å². The van der Waals surface area contributed by atoms with Crippen molar-refractivity contribution in [1.29, 1.82) is 0 Å². The van der Waals surface area contributed by atoms with E-state index in [-0.39, 0.29) is 23.3 Å². The molecule has 1 atom stereocenters. The Morgan fingerprint density at radius 3 is 2.61 bits per heavy atom. The summed E-state index contributed by atoms with van der Waals surface area (Å²) in [6, 6.07) is 12.0. The molecular formula is C26H23ClN4O5. The monoisotopic (exact) mass is 506 g/mol. The third-order valence-electron chi connectivity index (χ3n) is 5.99. The van der Waals surface area contributed by atoms with Crippen LogP contribution in [0.1, 0.15) is 22.8 Å². The lowest BCUT2D eigenvalue weighted by Gasteiger charge is -2.35. The van der Waals surface area contributed by atoms with E-state index in [1.165, 1.54) is 13.3 Å². The highest BCUT2D eigenvalue weighted by atomic mass is 35.5. The van der Waals surface area contributed by atoms with Gasteiger partial charge in [-0.3, -0.25) is 9.59 Å². The summed E-state index contributed by atoms with van der Waals surface area (Å²) >= 11 is 6.53. The molecule has 5 rings (SSSR count). The molecule has 2 aromatic carbocycles. The van der Waals surface area contributed by atoms with Crippen molar-refractivity contribution >= 4 is 45.7 Å². The highest BCUT2D eigenvalue weighted by Crippen LogP contribution is 2.39. The maximum absolute atomic E-state index is 13.6. The molecule has 0 unspecified atom stereocenters. The van der Waals surface area contributed by atoms with E-state index < -0.39 is 5.54 Å². The van der Waals surface area contributed by atoms with Gasteiger partial charge in [-0.05, 0) is 31.2 Å². The summed E-state index contributed by atoms with van der Waals surface area (Å²) in [7, 11) is 3.10. The molecule has 0 radical (unpaired) electrons. The number of pyridine rings is 1. The summed E-state index contributed by atoms with van der Waals surface area (Å²) in [5.74, 6) is 1.15. The van der Waals surface area contributed by atoms with Gasteiger partial charge in [-0.1, -0.05) is 17.7 Å². The molecule has 4 aromatic rings. The maximum Gasteiger partial charge on any atom is 0.252 e. The predicted molar refractivity (Wildman–Crippen MR) is 137 cm³/mol. The number of H-pyrrole nitrogens is 1. The third-order valence-corrected chi connectivity index (χ3v) is 6.30. The number of halogens is 1. The van der Waals surface area contributed by atoms with Crippen LogP contribution >= 0.6 is 11.6 Å². The Hall–Kier alpha value is -4.08. The first-order chi connectivity index (χ1) is 17.3. The number of carbonyl (C=O) groups excluding carboxylic acids is 2. The van der Waals surface area contributed by atoms with Crippen LogP contribution in [0.3, 0.4) is 0 Å². The molecule has 36 heavy (non-hydrogen) atoms. The Labute approximate surface area is 211 Å². The van der Waals surface area contributed by atoms with Gasteiger partial charge in [-0.25, -0.2) is 4.98 Å². The van der Waals surface area contributed by atoms with Crippen LogP contribution in [0.5, 0.6) is 17.2 Å². The zero-order valence-electron chi connectivity index (χ0n) is 19.8. The fourth-order valence-electron chi connectivity index (χ4n) is 4.17. The molecule has 0 aliphatic carbocycles. The van der Waals surface area contributed by atoms with Gasteiger partial charge in [0.1, 0.15) is 28.4 Å². The molecule has 10 heteroatoms. The van der Waals surface area contributed by atoms with Gasteiger partial charge in [0.2, 0.25) is 0 Å². The van der Waals surface area contributed by atoms with Crippen molar-refractivity contribution in [1.82, 2.24) is 9.97 Å². The molecule has 3 N–H and O–H groups in total. The van der Waals surface area contributed by atoms with Crippen LogP contribution in [0.25, 0.3) is 11.0 Å². The number of ketones is 1. The van der Waals surface area contributed by atoms with Gasteiger partial charge in [-0.15, -0.1) is 0 Å². The molecule has 1 amide bonds. The zero-order valence-corrected chi connectivity index (χ0v) is 20.5. The van der Waals surface area contributed by atoms with Gasteiger partial charge < -0.3 is 29.8 Å². The molecule has 1 aliphatic rings. The molecule has 0 saturated carbocycles. The number of amides is 1. The SMILES string of the molecule is COC[C@]1(C)Nc2c(cnc3[nH]cc(C(=O)c4ccc(Oc5cccc(OC)c5)cc4Cl)c23)NC1=O. The molecule has 0 saturated heterocycles. The van der Waals surface area contributed by atoms with Crippen LogP contribution in [-0.2, 0) is 9.53 Å².